The highest BCUT2D eigenvalue weighted by Crippen LogP contribution is 2.40. The van der Waals surface area contributed by atoms with Gasteiger partial charge in [-0.05, 0) is 81.4 Å². The zero-order chi connectivity index (χ0) is 23.9. The second kappa shape index (κ2) is 9.36. The van der Waals surface area contributed by atoms with Gasteiger partial charge in [0.2, 0.25) is 11.8 Å². The van der Waals surface area contributed by atoms with Gasteiger partial charge in [-0.15, -0.1) is 11.3 Å². The number of thiophene rings is 1. The van der Waals surface area contributed by atoms with Crippen LogP contribution in [0, 0.1) is 0 Å². The van der Waals surface area contributed by atoms with Crippen LogP contribution in [0.2, 0.25) is 5.02 Å². The first-order valence-electron chi connectivity index (χ1n) is 12.0. The van der Waals surface area contributed by atoms with Crippen LogP contribution in [0.25, 0.3) is 10.9 Å². The van der Waals surface area contributed by atoms with E-state index in [9.17, 15) is 9.59 Å². The van der Waals surface area contributed by atoms with Crippen LogP contribution < -0.4 is 5.32 Å². The highest BCUT2D eigenvalue weighted by molar-refractivity contribution is 7.10. The number of rotatable bonds is 5. The van der Waals surface area contributed by atoms with Crippen LogP contribution in [0.1, 0.15) is 47.7 Å². The second-order valence-corrected chi connectivity index (χ2v) is 11.0. The van der Waals surface area contributed by atoms with E-state index < -0.39 is 0 Å². The molecule has 5 rings (SSSR count). The third-order valence-electron chi connectivity index (χ3n) is 7.68. The number of amides is 2. The summed E-state index contributed by atoms with van der Waals surface area (Å²) in [7, 11) is 4.24. The Morgan fingerprint density at radius 1 is 1.26 bits per heavy atom. The lowest BCUT2D eigenvalue weighted by atomic mass is 9.84. The zero-order valence-electron chi connectivity index (χ0n) is 19.7. The molecule has 0 bridgehead atoms. The molecule has 0 radical (unpaired) electrons. The number of carbonyl (C=O) groups excluding carboxylic acids is 2. The number of aryl methyl sites for hydroxylation is 1. The van der Waals surface area contributed by atoms with Crippen LogP contribution in [0.5, 0.6) is 0 Å². The highest BCUT2D eigenvalue weighted by Gasteiger charge is 2.40. The number of nitrogens with zero attached hydrogens (tertiary/aromatic N) is 2. The molecule has 1 atom stereocenters. The number of nitrogens with one attached hydrogen (secondary N) is 2. The lowest BCUT2D eigenvalue weighted by Crippen LogP contribution is -2.53. The van der Waals surface area contributed by atoms with Gasteiger partial charge < -0.3 is 15.2 Å². The summed E-state index contributed by atoms with van der Waals surface area (Å²) in [5, 5.41) is 6.85. The monoisotopic (exact) mass is 498 g/mol. The zero-order valence-corrected chi connectivity index (χ0v) is 21.3. The largest absolute Gasteiger partial charge is 0.357 e. The molecule has 180 valence electrons. The summed E-state index contributed by atoms with van der Waals surface area (Å²) < 4.78 is 0. The number of halogens is 1. The van der Waals surface area contributed by atoms with Gasteiger partial charge in [0.05, 0.1) is 18.0 Å². The van der Waals surface area contributed by atoms with Crippen molar-refractivity contribution in [3.8, 4) is 0 Å². The van der Waals surface area contributed by atoms with E-state index in [0.717, 1.165) is 48.7 Å². The lowest BCUT2D eigenvalue weighted by molar-refractivity contribution is -0.135. The average Bonchev–Trinajstić information content (AvgIpc) is 3.50. The van der Waals surface area contributed by atoms with Gasteiger partial charge in [-0.25, -0.2) is 0 Å². The second-order valence-electron chi connectivity index (χ2n) is 9.65. The van der Waals surface area contributed by atoms with E-state index in [1.807, 2.05) is 23.1 Å². The third-order valence-corrected chi connectivity index (χ3v) is 8.98. The summed E-state index contributed by atoms with van der Waals surface area (Å²) in [5.74, 6) is -0.346. The molecule has 2 amide bonds. The molecule has 0 spiro atoms. The fourth-order valence-corrected chi connectivity index (χ4v) is 6.92. The molecule has 3 aromatic rings. The number of aromatic nitrogens is 1. The van der Waals surface area contributed by atoms with E-state index >= 15 is 0 Å². The molecule has 1 saturated heterocycles. The average molecular weight is 499 g/mol. The fraction of sp³-hybridized carbons (Fsp3) is 0.462. The van der Waals surface area contributed by atoms with Crippen LogP contribution in [0.3, 0.4) is 0 Å². The Morgan fingerprint density at radius 2 is 2.06 bits per heavy atom. The van der Waals surface area contributed by atoms with E-state index in [2.05, 4.69) is 46.8 Å². The van der Waals surface area contributed by atoms with Crippen molar-refractivity contribution in [3.05, 3.63) is 56.9 Å². The number of fused-ring (bicyclic) bond motifs is 3. The molecule has 3 heterocycles. The van der Waals surface area contributed by atoms with Gasteiger partial charge in [-0.2, -0.15) is 0 Å². The molecular weight excluding hydrogens is 468 g/mol. The van der Waals surface area contributed by atoms with Crippen molar-refractivity contribution in [2.75, 3.05) is 33.7 Å². The number of likely N-dealkylation sites (tertiary alicyclic amines) is 1. The summed E-state index contributed by atoms with van der Waals surface area (Å²) in [6.07, 6.45) is 4.45. The molecule has 1 fully saturated rings. The SMILES string of the molecule is CN(C)C1(c2cccs2)CCN(C(=O)CNC(=O)C2CCCc3c2[nH]c2ccc(Cl)cc32)CC1. The Labute approximate surface area is 209 Å². The van der Waals surface area contributed by atoms with Gasteiger partial charge in [0, 0.05) is 39.6 Å². The predicted octanol–water partition coefficient (Wildman–Crippen LogP) is 4.50. The Balaban J connectivity index is 1.22. The Morgan fingerprint density at radius 3 is 2.76 bits per heavy atom. The van der Waals surface area contributed by atoms with Gasteiger partial charge in [0.1, 0.15) is 0 Å². The van der Waals surface area contributed by atoms with Crippen LogP contribution in [-0.4, -0.2) is 60.3 Å². The number of benzene rings is 1. The van der Waals surface area contributed by atoms with Gasteiger partial charge in [0.25, 0.3) is 0 Å². The van der Waals surface area contributed by atoms with E-state index in [1.165, 1.54) is 10.4 Å². The quantitative estimate of drug-likeness (QED) is 0.544. The van der Waals surface area contributed by atoms with E-state index in [4.69, 9.17) is 11.6 Å². The van der Waals surface area contributed by atoms with E-state index in [-0.39, 0.29) is 29.8 Å². The van der Waals surface area contributed by atoms with Crippen LogP contribution in [0.15, 0.2) is 35.7 Å². The molecule has 1 aromatic carbocycles. The molecule has 2 aliphatic rings. The minimum atomic E-state index is -0.260. The molecule has 1 aliphatic carbocycles. The minimum absolute atomic E-state index is 0.00801. The van der Waals surface area contributed by atoms with Crippen molar-refractivity contribution in [3.63, 3.8) is 0 Å². The molecular formula is C26H31ClN4O2S. The van der Waals surface area contributed by atoms with Gasteiger partial charge >= 0.3 is 0 Å². The number of hydrogen-bond acceptors (Lipinski definition) is 4. The number of H-pyrrole nitrogens is 1. The topological polar surface area (TPSA) is 68.4 Å². The Bertz CT molecular complexity index is 1200. The Hall–Kier alpha value is -2.35. The van der Waals surface area contributed by atoms with Gasteiger partial charge in [0.15, 0.2) is 0 Å². The first kappa shape index (κ1) is 23.4. The summed E-state index contributed by atoms with van der Waals surface area (Å²) >= 11 is 7.98. The summed E-state index contributed by atoms with van der Waals surface area (Å²) in [6.45, 7) is 1.44. The molecule has 8 heteroatoms. The summed E-state index contributed by atoms with van der Waals surface area (Å²) in [4.78, 5) is 35.0. The van der Waals surface area contributed by atoms with Crippen molar-refractivity contribution >= 4 is 45.7 Å². The maximum Gasteiger partial charge on any atom is 0.241 e. The van der Waals surface area contributed by atoms with Gasteiger partial charge in [-0.3, -0.25) is 14.5 Å². The number of carbonyl (C=O) groups is 2. The van der Waals surface area contributed by atoms with Crippen LogP contribution in [0.4, 0.5) is 0 Å². The molecule has 0 saturated carbocycles. The Kier molecular flexibility index (Phi) is 6.44. The van der Waals surface area contributed by atoms with Crippen molar-refractivity contribution < 1.29 is 9.59 Å². The molecule has 2 aromatic heterocycles. The van der Waals surface area contributed by atoms with Crippen LogP contribution in [-0.2, 0) is 21.5 Å². The summed E-state index contributed by atoms with van der Waals surface area (Å²) in [6, 6.07) is 10.1. The normalized spacial score (nSPS) is 19.9. The standard InChI is InChI=1S/C26H31ClN4O2S/c1-30(2)26(22-7-4-14-34-22)10-12-31(13-11-26)23(32)16-28-25(33)19-6-3-5-18-20-15-17(27)8-9-21(20)29-24(18)19/h4,7-9,14-15,19,29H,3,5-6,10-13,16H2,1-2H3,(H,28,33). The van der Waals surface area contributed by atoms with Gasteiger partial charge in [-0.1, -0.05) is 17.7 Å². The predicted molar refractivity (Wildman–Crippen MR) is 137 cm³/mol. The number of hydrogen-bond donors (Lipinski definition) is 2. The third kappa shape index (κ3) is 4.14. The molecule has 1 aliphatic heterocycles. The van der Waals surface area contributed by atoms with E-state index in [0.29, 0.717) is 18.1 Å². The maximum absolute atomic E-state index is 13.1. The number of piperidine rings is 1. The van der Waals surface area contributed by atoms with Crippen molar-refractivity contribution in [2.24, 2.45) is 0 Å². The van der Waals surface area contributed by atoms with Crippen LogP contribution >= 0.6 is 22.9 Å². The van der Waals surface area contributed by atoms with E-state index in [1.54, 1.807) is 11.3 Å². The minimum Gasteiger partial charge on any atom is -0.357 e. The summed E-state index contributed by atoms with van der Waals surface area (Å²) in [5.41, 5.74) is 3.14. The molecule has 1 unspecified atom stereocenters. The molecule has 6 nitrogen and oxygen atoms in total. The van der Waals surface area contributed by atoms with Crippen molar-refractivity contribution in [1.29, 1.82) is 0 Å². The maximum atomic E-state index is 13.1. The lowest BCUT2D eigenvalue weighted by Gasteiger charge is -2.45. The van der Waals surface area contributed by atoms with Crippen molar-refractivity contribution in [2.45, 2.75) is 43.6 Å². The number of aromatic amines is 1. The first-order chi connectivity index (χ1) is 16.4. The molecule has 34 heavy (non-hydrogen) atoms. The fourth-order valence-electron chi connectivity index (χ4n) is 5.68. The first-order valence-corrected chi connectivity index (χ1v) is 13.2. The van der Waals surface area contributed by atoms with Crippen molar-refractivity contribution in [1.82, 2.24) is 20.1 Å². The smallest absolute Gasteiger partial charge is 0.241 e. The molecule has 2 N–H and O–H groups in total. The highest BCUT2D eigenvalue weighted by atomic mass is 35.5.